The van der Waals surface area contributed by atoms with E-state index in [1.165, 1.54) is 25.2 Å². The van der Waals surface area contributed by atoms with Crippen molar-refractivity contribution in [3.8, 4) is 17.2 Å². The fourth-order valence-corrected chi connectivity index (χ4v) is 4.80. The fraction of sp³-hybridized carbons (Fsp3) is 0.429. The van der Waals surface area contributed by atoms with Crippen molar-refractivity contribution in [3.05, 3.63) is 58.1 Å². The third-order valence-electron chi connectivity index (χ3n) is 6.54. The summed E-state index contributed by atoms with van der Waals surface area (Å²) in [5, 5.41) is 11.6. The number of aliphatic hydroxyl groups is 1. The number of benzene rings is 2. The van der Waals surface area contributed by atoms with Gasteiger partial charge in [-0.15, -0.1) is 0 Å². The minimum atomic E-state index is -0.804. The number of amides is 1. The number of hydrogen-bond donors (Lipinski definition) is 1. The largest absolute Gasteiger partial charge is 0.507 e. The molecule has 2 aromatic carbocycles. The van der Waals surface area contributed by atoms with Crippen LogP contribution in [0.4, 0.5) is 0 Å². The number of methoxy groups -OCH3 is 2. The van der Waals surface area contributed by atoms with Crippen LogP contribution in [0.5, 0.6) is 17.2 Å². The summed E-state index contributed by atoms with van der Waals surface area (Å²) in [4.78, 5) is 30.3. The predicted molar refractivity (Wildman–Crippen MR) is 144 cm³/mol. The van der Waals surface area contributed by atoms with Gasteiger partial charge in [0, 0.05) is 12.1 Å². The van der Waals surface area contributed by atoms with Crippen LogP contribution >= 0.6 is 11.6 Å². The number of aliphatic hydroxyl groups excluding tert-OH is 1. The molecule has 0 spiro atoms. The molecule has 200 valence electrons. The molecule has 8 nitrogen and oxygen atoms in total. The van der Waals surface area contributed by atoms with Crippen molar-refractivity contribution < 1.29 is 28.9 Å². The number of Topliss-reactive ketones (excluding diaryl/α,β-unsaturated/α-hetero) is 1. The van der Waals surface area contributed by atoms with Crippen molar-refractivity contribution in [3.63, 3.8) is 0 Å². The summed E-state index contributed by atoms with van der Waals surface area (Å²) in [5.74, 6) is -0.257. The Morgan fingerprint density at radius 2 is 1.68 bits per heavy atom. The van der Waals surface area contributed by atoms with Crippen molar-refractivity contribution in [2.24, 2.45) is 0 Å². The van der Waals surface area contributed by atoms with E-state index in [0.717, 1.165) is 19.6 Å². The Morgan fingerprint density at radius 1 is 1.00 bits per heavy atom. The van der Waals surface area contributed by atoms with Gasteiger partial charge in [-0.2, -0.15) is 0 Å². The summed E-state index contributed by atoms with van der Waals surface area (Å²) >= 11 is 6.35. The minimum absolute atomic E-state index is 0.000264. The van der Waals surface area contributed by atoms with E-state index in [1.54, 1.807) is 30.3 Å². The van der Waals surface area contributed by atoms with Crippen molar-refractivity contribution in [2.45, 2.75) is 33.2 Å². The van der Waals surface area contributed by atoms with Crippen molar-refractivity contribution in [2.75, 3.05) is 47.0 Å². The second-order valence-corrected chi connectivity index (χ2v) is 8.97. The molecule has 1 atom stereocenters. The van der Waals surface area contributed by atoms with E-state index in [1.807, 2.05) is 6.92 Å². The summed E-state index contributed by atoms with van der Waals surface area (Å²) in [7, 11) is 3.05. The molecule has 1 unspecified atom stereocenters. The second kappa shape index (κ2) is 12.8. The van der Waals surface area contributed by atoms with E-state index in [0.29, 0.717) is 53.0 Å². The van der Waals surface area contributed by atoms with Crippen LogP contribution in [0.1, 0.15) is 44.4 Å². The molecule has 1 aliphatic heterocycles. The Morgan fingerprint density at radius 3 is 2.27 bits per heavy atom. The number of carbonyl (C=O) groups excluding carboxylic acids is 2. The molecular formula is C28H35ClN2O6. The molecule has 0 bridgehead atoms. The number of nitrogens with zero attached hydrogens (tertiary/aromatic N) is 2. The molecule has 2 aromatic rings. The van der Waals surface area contributed by atoms with Gasteiger partial charge in [0.15, 0.2) is 11.5 Å². The van der Waals surface area contributed by atoms with Crippen molar-refractivity contribution in [1.82, 2.24) is 9.80 Å². The monoisotopic (exact) mass is 530 g/mol. The smallest absolute Gasteiger partial charge is 0.295 e. The maximum Gasteiger partial charge on any atom is 0.295 e. The Bertz CT molecular complexity index is 1160. The SMILES string of the molecule is CCOc1ccc(/C(O)=C2\C(=O)C(=O)N(CCCN(CC)CC)C2c2ccc(OC)c(OC)c2)cc1Cl. The second-order valence-electron chi connectivity index (χ2n) is 8.57. The van der Waals surface area contributed by atoms with Crippen LogP contribution in [0.3, 0.4) is 0 Å². The molecule has 37 heavy (non-hydrogen) atoms. The summed E-state index contributed by atoms with van der Waals surface area (Å²) < 4.78 is 16.3. The van der Waals surface area contributed by atoms with E-state index in [4.69, 9.17) is 25.8 Å². The molecule has 1 saturated heterocycles. The van der Waals surface area contributed by atoms with E-state index in [-0.39, 0.29) is 11.3 Å². The standard InChI is InChI=1S/C28H35ClN2O6/c1-6-30(7-2)14-9-15-31-25(18-10-13-22(35-4)23(17-18)36-5)24(27(33)28(31)34)26(32)19-11-12-21(37-8-3)20(29)16-19/h10-13,16-17,25,32H,6-9,14-15H2,1-5H3/b26-24+. The third kappa shape index (κ3) is 6.02. The Balaban J connectivity index is 2.10. The highest BCUT2D eigenvalue weighted by molar-refractivity contribution is 6.46. The van der Waals surface area contributed by atoms with Gasteiger partial charge in [-0.3, -0.25) is 9.59 Å². The third-order valence-corrected chi connectivity index (χ3v) is 6.83. The van der Waals surface area contributed by atoms with Crippen molar-refractivity contribution in [1.29, 1.82) is 0 Å². The fourth-order valence-electron chi connectivity index (χ4n) is 4.56. The molecule has 1 heterocycles. The van der Waals surface area contributed by atoms with Crippen LogP contribution < -0.4 is 14.2 Å². The van der Waals surface area contributed by atoms with E-state index in [9.17, 15) is 14.7 Å². The van der Waals surface area contributed by atoms with Gasteiger partial charge < -0.3 is 29.1 Å². The highest BCUT2D eigenvalue weighted by atomic mass is 35.5. The van der Waals surface area contributed by atoms with Crippen LogP contribution in [0.15, 0.2) is 42.0 Å². The molecule has 9 heteroatoms. The molecule has 1 N–H and O–H groups in total. The molecule has 0 radical (unpaired) electrons. The van der Waals surface area contributed by atoms with Crippen LogP contribution in [-0.2, 0) is 9.59 Å². The summed E-state index contributed by atoms with van der Waals surface area (Å²) in [6, 6.07) is 9.19. The van der Waals surface area contributed by atoms with Gasteiger partial charge in [-0.1, -0.05) is 31.5 Å². The van der Waals surface area contributed by atoms with Gasteiger partial charge in [0.2, 0.25) is 0 Å². The average Bonchev–Trinajstić information content (AvgIpc) is 3.16. The first-order valence-electron chi connectivity index (χ1n) is 12.5. The quantitative estimate of drug-likeness (QED) is 0.237. The van der Waals surface area contributed by atoms with Crippen LogP contribution in [-0.4, -0.2) is 73.6 Å². The average molecular weight is 531 g/mol. The number of hydrogen-bond acceptors (Lipinski definition) is 7. The molecule has 0 aromatic heterocycles. The van der Waals surface area contributed by atoms with Crippen LogP contribution in [0, 0.1) is 0 Å². The number of rotatable bonds is 12. The van der Waals surface area contributed by atoms with E-state index >= 15 is 0 Å². The first-order valence-corrected chi connectivity index (χ1v) is 12.8. The normalized spacial score (nSPS) is 16.9. The molecule has 0 aliphatic carbocycles. The van der Waals surface area contributed by atoms with Gasteiger partial charge in [0.25, 0.3) is 11.7 Å². The summed E-state index contributed by atoms with van der Waals surface area (Å²) in [5.41, 5.74) is 0.943. The molecule has 1 fully saturated rings. The first kappa shape index (κ1) is 28.3. The maximum atomic E-state index is 13.3. The topological polar surface area (TPSA) is 88.5 Å². The number of halogens is 1. The lowest BCUT2D eigenvalue weighted by Crippen LogP contribution is -2.33. The highest BCUT2D eigenvalue weighted by Gasteiger charge is 2.46. The van der Waals surface area contributed by atoms with Crippen LogP contribution in [0.25, 0.3) is 5.76 Å². The lowest BCUT2D eigenvalue weighted by Gasteiger charge is -2.27. The van der Waals surface area contributed by atoms with Gasteiger partial charge >= 0.3 is 0 Å². The van der Waals surface area contributed by atoms with E-state index in [2.05, 4.69) is 18.7 Å². The van der Waals surface area contributed by atoms with Gasteiger partial charge in [0.1, 0.15) is 11.5 Å². The predicted octanol–water partition coefficient (Wildman–Crippen LogP) is 4.91. The lowest BCUT2D eigenvalue weighted by molar-refractivity contribution is -0.140. The molecule has 0 saturated carbocycles. The zero-order valence-electron chi connectivity index (χ0n) is 22.0. The molecule has 1 amide bonds. The Hall–Kier alpha value is -3.23. The molecule has 3 rings (SSSR count). The molecule has 1 aliphatic rings. The zero-order chi connectivity index (χ0) is 27.1. The first-order chi connectivity index (χ1) is 17.8. The van der Waals surface area contributed by atoms with Crippen LogP contribution in [0.2, 0.25) is 5.02 Å². The summed E-state index contributed by atoms with van der Waals surface area (Å²) in [6.07, 6.45) is 0.674. The number of ether oxygens (including phenoxy) is 3. The number of carbonyl (C=O) groups is 2. The summed E-state index contributed by atoms with van der Waals surface area (Å²) in [6.45, 7) is 9.37. The highest BCUT2D eigenvalue weighted by Crippen LogP contribution is 2.42. The maximum absolute atomic E-state index is 13.3. The van der Waals surface area contributed by atoms with Crippen molar-refractivity contribution >= 4 is 29.1 Å². The van der Waals surface area contributed by atoms with Gasteiger partial charge in [-0.05, 0) is 68.9 Å². The Labute approximate surface area is 223 Å². The lowest BCUT2D eigenvalue weighted by atomic mass is 9.95. The van der Waals surface area contributed by atoms with Gasteiger partial charge in [-0.25, -0.2) is 0 Å². The zero-order valence-corrected chi connectivity index (χ0v) is 22.8. The van der Waals surface area contributed by atoms with E-state index < -0.39 is 17.7 Å². The number of ketones is 1. The minimum Gasteiger partial charge on any atom is -0.507 e. The van der Waals surface area contributed by atoms with Gasteiger partial charge in [0.05, 0.1) is 37.5 Å². The Kier molecular flexibility index (Phi) is 9.83. The molecular weight excluding hydrogens is 496 g/mol. The number of likely N-dealkylation sites (tertiary alicyclic amines) is 1.